The number of aromatic carboxylic acids is 1. The number of rotatable bonds is 9. The molecular weight excluding hydrogens is 411 g/mol. The summed E-state index contributed by atoms with van der Waals surface area (Å²) in [5, 5.41) is 12.0. The van der Waals surface area contributed by atoms with Gasteiger partial charge in [-0.15, -0.1) is 0 Å². The van der Waals surface area contributed by atoms with Crippen LogP contribution in [0.3, 0.4) is 0 Å². The van der Waals surface area contributed by atoms with Crippen molar-refractivity contribution in [3.05, 3.63) is 70.5 Å². The maximum absolute atomic E-state index is 13.8. The Morgan fingerprint density at radius 2 is 1.77 bits per heavy atom. The number of amides is 1. The van der Waals surface area contributed by atoms with E-state index >= 15 is 0 Å². The fourth-order valence-corrected chi connectivity index (χ4v) is 3.44. The lowest BCUT2D eigenvalue weighted by atomic mass is 10.0. The first kappa shape index (κ1) is 22.8. The van der Waals surface area contributed by atoms with Gasteiger partial charge in [0.05, 0.1) is 23.3 Å². The summed E-state index contributed by atoms with van der Waals surface area (Å²) in [6.07, 6.45) is -2.29. The molecule has 5 nitrogen and oxygen atoms in total. The first-order chi connectivity index (χ1) is 14.6. The number of halogens is 3. The number of carboxylic acids is 1. The van der Waals surface area contributed by atoms with Gasteiger partial charge in [-0.1, -0.05) is 38.1 Å². The van der Waals surface area contributed by atoms with Crippen LogP contribution in [-0.2, 0) is 21.7 Å². The maximum atomic E-state index is 13.8. The van der Waals surface area contributed by atoms with Gasteiger partial charge in [0.15, 0.2) is 0 Å². The molecule has 1 aliphatic rings. The van der Waals surface area contributed by atoms with Gasteiger partial charge in [-0.2, -0.15) is 0 Å². The zero-order chi connectivity index (χ0) is 22.8. The molecule has 2 aromatic carbocycles. The second-order valence-electron chi connectivity index (χ2n) is 8.09. The van der Waals surface area contributed by atoms with Gasteiger partial charge in [0, 0.05) is 0 Å². The minimum Gasteiger partial charge on any atom is -0.478 e. The van der Waals surface area contributed by atoms with Crippen LogP contribution < -0.4 is 5.32 Å². The number of nitrogens with one attached hydrogen (secondary N) is 1. The summed E-state index contributed by atoms with van der Waals surface area (Å²) in [5.74, 6) is -2.55. The molecule has 2 aromatic rings. The van der Waals surface area contributed by atoms with Crippen molar-refractivity contribution in [2.24, 2.45) is 5.92 Å². The Morgan fingerprint density at radius 1 is 1.13 bits per heavy atom. The molecule has 3 rings (SSSR count). The van der Waals surface area contributed by atoms with Gasteiger partial charge >= 0.3 is 5.97 Å². The lowest BCUT2D eigenvalue weighted by molar-refractivity contribution is -0.137. The molecule has 1 amide bonds. The van der Waals surface area contributed by atoms with Gasteiger partial charge in [-0.05, 0) is 48.1 Å². The molecule has 0 aromatic heterocycles. The second-order valence-corrected chi connectivity index (χ2v) is 8.09. The number of alkyl halides is 2. The number of carbonyl (C=O) groups excluding carboxylic acids is 1. The number of benzene rings is 2. The molecular formula is C23H24F3NO4. The topological polar surface area (TPSA) is 75.6 Å². The van der Waals surface area contributed by atoms with Crippen LogP contribution in [-0.4, -0.2) is 23.1 Å². The summed E-state index contributed by atoms with van der Waals surface area (Å²) in [6.45, 7) is 3.52. The average molecular weight is 435 g/mol. The molecule has 0 radical (unpaired) electrons. The molecule has 0 heterocycles. The summed E-state index contributed by atoms with van der Waals surface area (Å²) in [7, 11) is 0. The van der Waals surface area contributed by atoms with Crippen LogP contribution in [0.4, 0.5) is 13.2 Å². The zero-order valence-corrected chi connectivity index (χ0v) is 17.2. The Kier molecular flexibility index (Phi) is 6.69. The van der Waals surface area contributed by atoms with E-state index < -0.39 is 35.4 Å². The first-order valence-electron chi connectivity index (χ1n) is 9.97. The summed E-state index contributed by atoms with van der Waals surface area (Å²) in [5.41, 5.74) is 0.102. The highest BCUT2D eigenvalue weighted by atomic mass is 19.3. The SMILES string of the molecule is CC(C)C(OCc1ccc(C(F)F)c(F)c1)C(=O)NC1(c2ccc(C(=O)O)cc2)CC1. The molecule has 1 atom stereocenters. The molecule has 1 saturated carbocycles. The number of ether oxygens (including phenoxy) is 1. The third-order valence-corrected chi connectivity index (χ3v) is 5.39. The summed E-state index contributed by atoms with van der Waals surface area (Å²) in [6, 6.07) is 9.74. The van der Waals surface area contributed by atoms with Crippen molar-refractivity contribution in [3.8, 4) is 0 Å². The van der Waals surface area contributed by atoms with Crippen LogP contribution in [0.2, 0.25) is 0 Å². The Balaban J connectivity index is 1.67. The molecule has 1 aliphatic carbocycles. The Labute approximate surface area is 178 Å². The Morgan fingerprint density at radius 3 is 2.26 bits per heavy atom. The van der Waals surface area contributed by atoms with E-state index in [1.165, 1.54) is 18.2 Å². The quantitative estimate of drug-likeness (QED) is 0.593. The van der Waals surface area contributed by atoms with E-state index in [-0.39, 0.29) is 24.0 Å². The molecule has 166 valence electrons. The van der Waals surface area contributed by atoms with Crippen LogP contribution in [0.15, 0.2) is 42.5 Å². The van der Waals surface area contributed by atoms with Crippen LogP contribution in [0.1, 0.15) is 60.2 Å². The predicted molar refractivity (Wildman–Crippen MR) is 107 cm³/mol. The molecule has 1 unspecified atom stereocenters. The van der Waals surface area contributed by atoms with Crippen molar-refractivity contribution in [2.45, 2.75) is 51.4 Å². The van der Waals surface area contributed by atoms with E-state index in [2.05, 4.69) is 5.32 Å². The summed E-state index contributed by atoms with van der Waals surface area (Å²) >= 11 is 0. The minimum atomic E-state index is -2.90. The summed E-state index contributed by atoms with van der Waals surface area (Å²) in [4.78, 5) is 24.0. The second kappa shape index (κ2) is 9.09. The first-order valence-corrected chi connectivity index (χ1v) is 9.97. The lowest BCUT2D eigenvalue weighted by Gasteiger charge is -2.25. The summed E-state index contributed by atoms with van der Waals surface area (Å²) < 4.78 is 44.9. The smallest absolute Gasteiger partial charge is 0.335 e. The fraction of sp³-hybridized carbons (Fsp3) is 0.391. The Hall–Kier alpha value is -2.87. The molecule has 0 saturated heterocycles. The van der Waals surface area contributed by atoms with E-state index in [1.54, 1.807) is 12.1 Å². The van der Waals surface area contributed by atoms with E-state index in [0.29, 0.717) is 5.56 Å². The zero-order valence-electron chi connectivity index (χ0n) is 17.2. The molecule has 0 spiro atoms. The third-order valence-electron chi connectivity index (χ3n) is 5.39. The standard InChI is InChI=1S/C23H24F3NO4/c1-13(2)19(31-12-14-3-8-17(20(25)26)18(24)11-14)21(28)27-23(9-10-23)16-6-4-15(5-7-16)22(29)30/h3-8,11,13,19-20H,9-10,12H2,1-2H3,(H,27,28)(H,29,30). The largest absolute Gasteiger partial charge is 0.478 e. The highest BCUT2D eigenvalue weighted by molar-refractivity contribution is 5.87. The number of hydrogen-bond acceptors (Lipinski definition) is 3. The van der Waals surface area contributed by atoms with Crippen LogP contribution >= 0.6 is 0 Å². The lowest BCUT2D eigenvalue weighted by Crippen LogP contribution is -2.44. The van der Waals surface area contributed by atoms with Gasteiger partial charge in [0.1, 0.15) is 11.9 Å². The van der Waals surface area contributed by atoms with E-state index in [4.69, 9.17) is 9.84 Å². The molecule has 31 heavy (non-hydrogen) atoms. The number of carboxylic acid groups (broad SMARTS) is 1. The minimum absolute atomic E-state index is 0.100. The molecule has 1 fully saturated rings. The van der Waals surface area contributed by atoms with Crippen molar-refractivity contribution in [2.75, 3.05) is 0 Å². The van der Waals surface area contributed by atoms with Crippen LogP contribution in [0.25, 0.3) is 0 Å². The van der Waals surface area contributed by atoms with Crippen LogP contribution in [0, 0.1) is 11.7 Å². The van der Waals surface area contributed by atoms with Crippen molar-refractivity contribution in [3.63, 3.8) is 0 Å². The number of hydrogen-bond donors (Lipinski definition) is 2. The molecule has 0 bridgehead atoms. The maximum Gasteiger partial charge on any atom is 0.335 e. The van der Waals surface area contributed by atoms with Gasteiger partial charge < -0.3 is 15.2 Å². The monoisotopic (exact) mass is 435 g/mol. The molecule has 2 N–H and O–H groups in total. The fourth-order valence-electron chi connectivity index (χ4n) is 3.44. The van der Waals surface area contributed by atoms with Gasteiger partial charge in [0.2, 0.25) is 5.91 Å². The third kappa shape index (κ3) is 5.25. The van der Waals surface area contributed by atoms with Gasteiger partial charge in [-0.3, -0.25) is 4.79 Å². The van der Waals surface area contributed by atoms with Crippen molar-refractivity contribution in [1.29, 1.82) is 0 Å². The molecule has 0 aliphatic heterocycles. The van der Waals surface area contributed by atoms with Crippen molar-refractivity contribution < 1.29 is 32.6 Å². The predicted octanol–water partition coefficient (Wildman–Crippen LogP) is 4.81. The highest BCUT2D eigenvalue weighted by Crippen LogP contribution is 2.45. The van der Waals surface area contributed by atoms with E-state index in [9.17, 15) is 22.8 Å². The van der Waals surface area contributed by atoms with Crippen molar-refractivity contribution in [1.82, 2.24) is 5.32 Å². The van der Waals surface area contributed by atoms with Gasteiger partial charge in [-0.25, -0.2) is 18.0 Å². The van der Waals surface area contributed by atoms with Crippen LogP contribution in [0.5, 0.6) is 0 Å². The normalized spacial score (nSPS) is 15.7. The van der Waals surface area contributed by atoms with E-state index in [1.807, 2.05) is 13.8 Å². The van der Waals surface area contributed by atoms with Gasteiger partial charge in [0.25, 0.3) is 6.43 Å². The highest BCUT2D eigenvalue weighted by Gasteiger charge is 2.46. The van der Waals surface area contributed by atoms with E-state index in [0.717, 1.165) is 30.5 Å². The average Bonchev–Trinajstić information content (AvgIpc) is 3.48. The Bertz CT molecular complexity index is 956. The number of carbonyl (C=O) groups is 2. The van der Waals surface area contributed by atoms with Crippen molar-refractivity contribution >= 4 is 11.9 Å². The molecule has 8 heteroatoms.